The van der Waals surface area contributed by atoms with Crippen LogP contribution in [0, 0.1) is 6.92 Å². The third kappa shape index (κ3) is 3.50. The second-order valence-electron chi connectivity index (χ2n) is 8.15. The van der Waals surface area contributed by atoms with E-state index < -0.39 is 17.2 Å². The predicted octanol–water partition coefficient (Wildman–Crippen LogP) is 4.24. The number of anilines is 1. The zero-order valence-corrected chi connectivity index (χ0v) is 19.3. The quantitative estimate of drug-likeness (QED) is 0.425. The van der Waals surface area contributed by atoms with Crippen LogP contribution in [0.15, 0.2) is 82.4 Å². The Morgan fingerprint density at radius 1 is 0.941 bits per heavy atom. The van der Waals surface area contributed by atoms with Gasteiger partial charge in [0.1, 0.15) is 12.1 Å². The smallest absolute Gasteiger partial charge is 0.336 e. The molecule has 7 nitrogen and oxygen atoms in total. The Kier molecular flexibility index (Phi) is 5.34. The van der Waals surface area contributed by atoms with Gasteiger partial charge in [0.2, 0.25) is 5.91 Å². The lowest BCUT2D eigenvalue weighted by molar-refractivity contribution is -0.116. The van der Waals surface area contributed by atoms with Gasteiger partial charge in [0.25, 0.3) is 5.56 Å². The van der Waals surface area contributed by atoms with Crippen LogP contribution in [0.4, 0.5) is 5.69 Å². The first-order valence-corrected chi connectivity index (χ1v) is 11.1. The number of hydrogen-bond acceptors (Lipinski definition) is 3. The Hall–Kier alpha value is -4.10. The van der Waals surface area contributed by atoms with Crippen LogP contribution in [-0.4, -0.2) is 19.6 Å². The minimum absolute atomic E-state index is 0.291. The van der Waals surface area contributed by atoms with Gasteiger partial charge < -0.3 is 9.88 Å². The van der Waals surface area contributed by atoms with E-state index in [0.29, 0.717) is 27.4 Å². The summed E-state index contributed by atoms with van der Waals surface area (Å²) in [6.45, 7) is 1.65. The van der Waals surface area contributed by atoms with Gasteiger partial charge in [0, 0.05) is 12.4 Å². The average Bonchev–Trinajstić information content (AvgIpc) is 3.11. The van der Waals surface area contributed by atoms with Crippen LogP contribution < -0.4 is 16.6 Å². The SMILES string of the molecule is Cc1ccc2c(c1)c1c(c(=O)n(-c3ccccc3)c(=O)n1CC(=O)Nc1ccccc1Cl)n2C. The van der Waals surface area contributed by atoms with Crippen molar-refractivity contribution in [3.8, 4) is 5.69 Å². The molecule has 0 aliphatic rings. The third-order valence-electron chi connectivity index (χ3n) is 5.89. The predicted molar refractivity (Wildman–Crippen MR) is 135 cm³/mol. The molecule has 0 aliphatic carbocycles. The molecule has 1 N–H and O–H groups in total. The number of hydrogen-bond donors (Lipinski definition) is 1. The summed E-state index contributed by atoms with van der Waals surface area (Å²) in [5, 5.41) is 3.89. The molecule has 0 atom stereocenters. The molecule has 2 heterocycles. The monoisotopic (exact) mass is 472 g/mol. The maximum Gasteiger partial charge on any atom is 0.336 e. The van der Waals surface area contributed by atoms with E-state index in [1.165, 1.54) is 4.57 Å². The van der Waals surface area contributed by atoms with Gasteiger partial charge >= 0.3 is 5.69 Å². The van der Waals surface area contributed by atoms with Crippen molar-refractivity contribution in [2.45, 2.75) is 13.5 Å². The Labute approximate surface area is 199 Å². The summed E-state index contributed by atoms with van der Waals surface area (Å²) in [6, 6.07) is 21.4. The third-order valence-corrected chi connectivity index (χ3v) is 6.22. The highest BCUT2D eigenvalue weighted by Crippen LogP contribution is 2.27. The van der Waals surface area contributed by atoms with E-state index in [4.69, 9.17) is 11.6 Å². The average molecular weight is 473 g/mol. The van der Waals surface area contributed by atoms with Crippen molar-refractivity contribution in [2.24, 2.45) is 7.05 Å². The summed E-state index contributed by atoms with van der Waals surface area (Å²) in [5.74, 6) is -0.431. The van der Waals surface area contributed by atoms with Crippen LogP contribution in [-0.2, 0) is 18.4 Å². The highest BCUT2D eigenvalue weighted by Gasteiger charge is 2.22. The molecule has 1 amide bonds. The van der Waals surface area contributed by atoms with E-state index in [0.717, 1.165) is 21.0 Å². The van der Waals surface area contributed by atoms with Gasteiger partial charge in [-0.2, -0.15) is 0 Å². The zero-order chi connectivity index (χ0) is 24.0. The van der Waals surface area contributed by atoms with Crippen molar-refractivity contribution in [3.05, 3.63) is 104 Å². The number of aryl methyl sites for hydroxylation is 2. The fourth-order valence-corrected chi connectivity index (χ4v) is 4.50. The maximum absolute atomic E-state index is 13.7. The first-order chi connectivity index (χ1) is 16.4. The minimum atomic E-state index is -0.591. The normalized spacial score (nSPS) is 11.3. The number of benzene rings is 3. The summed E-state index contributed by atoms with van der Waals surface area (Å²) in [5.41, 5.74) is 2.39. The van der Waals surface area contributed by atoms with E-state index in [2.05, 4.69) is 5.32 Å². The number of carbonyl (C=O) groups excluding carboxylic acids is 1. The van der Waals surface area contributed by atoms with Gasteiger partial charge in [-0.05, 0) is 43.3 Å². The van der Waals surface area contributed by atoms with Crippen molar-refractivity contribution < 1.29 is 4.79 Å². The van der Waals surface area contributed by atoms with Gasteiger partial charge in [-0.25, -0.2) is 9.36 Å². The van der Waals surface area contributed by atoms with Gasteiger partial charge in [0.05, 0.1) is 27.4 Å². The molecule has 0 bridgehead atoms. The Morgan fingerprint density at radius 3 is 2.38 bits per heavy atom. The molecule has 0 unspecified atom stereocenters. The minimum Gasteiger partial charge on any atom is -0.338 e. The van der Waals surface area contributed by atoms with Crippen LogP contribution in [0.25, 0.3) is 27.6 Å². The fourth-order valence-electron chi connectivity index (χ4n) is 4.31. The number of carbonyl (C=O) groups is 1. The molecule has 2 aromatic heterocycles. The number of nitrogens with zero attached hydrogens (tertiary/aromatic N) is 3. The lowest BCUT2D eigenvalue weighted by atomic mass is 10.1. The number of nitrogens with one attached hydrogen (secondary N) is 1. The Balaban J connectivity index is 1.79. The van der Waals surface area contributed by atoms with Crippen molar-refractivity contribution in [3.63, 3.8) is 0 Å². The molecular formula is C26H21ClN4O3. The molecule has 34 heavy (non-hydrogen) atoms. The van der Waals surface area contributed by atoms with Gasteiger partial charge in [-0.15, -0.1) is 0 Å². The molecule has 0 aliphatic heterocycles. The van der Waals surface area contributed by atoms with E-state index in [1.807, 2.05) is 31.2 Å². The molecular weight excluding hydrogens is 452 g/mol. The highest BCUT2D eigenvalue weighted by molar-refractivity contribution is 6.33. The Bertz CT molecular complexity index is 1700. The molecule has 170 valence electrons. The van der Waals surface area contributed by atoms with Crippen LogP contribution in [0.5, 0.6) is 0 Å². The largest absolute Gasteiger partial charge is 0.338 e. The van der Waals surface area contributed by atoms with Crippen molar-refractivity contribution in [1.82, 2.24) is 13.7 Å². The van der Waals surface area contributed by atoms with Crippen LogP contribution in [0.3, 0.4) is 0 Å². The van der Waals surface area contributed by atoms with Crippen LogP contribution in [0.1, 0.15) is 5.56 Å². The second kappa shape index (κ2) is 8.35. The summed E-state index contributed by atoms with van der Waals surface area (Å²) in [7, 11) is 1.79. The number of amides is 1. The molecule has 8 heteroatoms. The zero-order valence-electron chi connectivity index (χ0n) is 18.6. The molecule has 0 spiro atoms. The lowest BCUT2D eigenvalue weighted by Crippen LogP contribution is -2.41. The molecule has 0 fully saturated rings. The van der Waals surface area contributed by atoms with E-state index >= 15 is 0 Å². The molecule has 5 rings (SSSR count). The van der Waals surface area contributed by atoms with Crippen molar-refractivity contribution in [2.75, 3.05) is 5.32 Å². The standard InChI is InChI=1S/C26H21ClN4O3/c1-16-12-13-21-18(14-16)23-24(29(21)2)25(33)31(17-8-4-3-5-9-17)26(34)30(23)15-22(32)28-20-11-7-6-10-19(20)27/h3-14H,15H2,1-2H3,(H,28,32). The number of para-hydroxylation sites is 2. The molecule has 0 saturated heterocycles. The highest BCUT2D eigenvalue weighted by atomic mass is 35.5. The van der Waals surface area contributed by atoms with Crippen molar-refractivity contribution in [1.29, 1.82) is 0 Å². The summed E-state index contributed by atoms with van der Waals surface area (Å²) >= 11 is 6.19. The summed E-state index contributed by atoms with van der Waals surface area (Å²) in [6.07, 6.45) is 0. The first kappa shape index (κ1) is 21.7. The summed E-state index contributed by atoms with van der Waals surface area (Å²) < 4.78 is 4.24. The molecule has 3 aromatic carbocycles. The molecule has 0 radical (unpaired) electrons. The molecule has 5 aromatic rings. The number of fused-ring (bicyclic) bond motifs is 3. The molecule has 0 saturated carbocycles. The second-order valence-corrected chi connectivity index (χ2v) is 8.56. The van der Waals surface area contributed by atoms with Crippen molar-refractivity contribution >= 4 is 45.1 Å². The number of halogens is 1. The first-order valence-electron chi connectivity index (χ1n) is 10.7. The fraction of sp³-hybridized carbons (Fsp3) is 0.115. The summed E-state index contributed by atoms with van der Waals surface area (Å²) in [4.78, 5) is 40.4. The Morgan fingerprint density at radius 2 is 1.65 bits per heavy atom. The lowest BCUT2D eigenvalue weighted by Gasteiger charge is -2.14. The topological polar surface area (TPSA) is 78.0 Å². The van der Waals surface area contributed by atoms with E-state index in [9.17, 15) is 14.4 Å². The number of rotatable bonds is 4. The van der Waals surface area contributed by atoms with Crippen LogP contribution >= 0.6 is 11.6 Å². The van der Waals surface area contributed by atoms with Gasteiger partial charge in [-0.3, -0.25) is 14.2 Å². The van der Waals surface area contributed by atoms with E-state index in [1.54, 1.807) is 60.1 Å². The van der Waals surface area contributed by atoms with Gasteiger partial charge in [0.15, 0.2) is 0 Å². The van der Waals surface area contributed by atoms with Crippen LogP contribution in [0.2, 0.25) is 5.02 Å². The number of aromatic nitrogens is 3. The van der Waals surface area contributed by atoms with E-state index in [-0.39, 0.29) is 6.54 Å². The maximum atomic E-state index is 13.7. The van der Waals surface area contributed by atoms with Gasteiger partial charge in [-0.1, -0.05) is 53.6 Å².